The van der Waals surface area contributed by atoms with Gasteiger partial charge in [0.05, 0.1) is 16.4 Å². The molecular weight excluding hydrogens is 358 g/mol. The van der Waals surface area contributed by atoms with Crippen LogP contribution in [-0.2, 0) is 11.0 Å². The van der Waals surface area contributed by atoms with E-state index in [4.69, 9.17) is 11.6 Å². The fourth-order valence-corrected chi connectivity index (χ4v) is 2.07. The number of amides is 1. The summed E-state index contributed by atoms with van der Waals surface area (Å²) in [4.78, 5) is 36.1. The summed E-state index contributed by atoms with van der Waals surface area (Å²) in [6.45, 7) is 1.14. The molecule has 0 spiro atoms. The molecule has 0 unspecified atom stereocenters. The van der Waals surface area contributed by atoms with Gasteiger partial charge in [-0.15, -0.1) is 0 Å². The normalized spacial score (nSPS) is 11.4. The highest BCUT2D eigenvalue weighted by Crippen LogP contribution is 2.28. The lowest BCUT2D eigenvalue weighted by Crippen LogP contribution is -2.36. The Bertz CT molecular complexity index is 902. The number of nitrogens with one attached hydrogen (secondary N) is 2. The number of rotatable bonds is 2. The molecule has 1 amide bonds. The van der Waals surface area contributed by atoms with Crippen LogP contribution in [0, 0.1) is 5.82 Å². The standard InChI is InChI=1S/C13H8ClF4N3O3/c1-5(22)19-8-3-9(7(15)2-6(8)14)21-11(23)4-10(13(16,17)18)20-12(21)24/h2-4H,1H3,(H,19,22)(H,20,24). The Morgan fingerprint density at radius 2 is 1.88 bits per heavy atom. The highest BCUT2D eigenvalue weighted by atomic mass is 35.5. The number of aromatic amines is 1. The molecule has 0 radical (unpaired) electrons. The van der Waals surface area contributed by atoms with Gasteiger partial charge in [0.15, 0.2) is 0 Å². The van der Waals surface area contributed by atoms with Gasteiger partial charge in [-0.2, -0.15) is 13.2 Å². The van der Waals surface area contributed by atoms with Crippen molar-refractivity contribution in [1.29, 1.82) is 0 Å². The molecule has 0 aliphatic rings. The van der Waals surface area contributed by atoms with Crippen molar-refractivity contribution >= 4 is 23.2 Å². The minimum Gasteiger partial charge on any atom is -0.325 e. The van der Waals surface area contributed by atoms with Crippen molar-refractivity contribution in [2.75, 3.05) is 5.32 Å². The largest absolute Gasteiger partial charge is 0.431 e. The van der Waals surface area contributed by atoms with E-state index in [0.717, 1.165) is 13.0 Å². The number of H-pyrrole nitrogens is 1. The number of aromatic nitrogens is 2. The average molecular weight is 366 g/mol. The van der Waals surface area contributed by atoms with Gasteiger partial charge in [-0.3, -0.25) is 9.59 Å². The second kappa shape index (κ2) is 6.11. The molecule has 2 aromatic rings. The summed E-state index contributed by atoms with van der Waals surface area (Å²) >= 11 is 5.72. The molecule has 0 bridgehead atoms. The van der Waals surface area contributed by atoms with Crippen LogP contribution in [0.3, 0.4) is 0 Å². The van der Waals surface area contributed by atoms with Crippen LogP contribution in [0.5, 0.6) is 0 Å². The van der Waals surface area contributed by atoms with Gasteiger partial charge in [-0.1, -0.05) is 11.6 Å². The molecule has 11 heteroatoms. The highest BCUT2D eigenvalue weighted by Gasteiger charge is 2.33. The van der Waals surface area contributed by atoms with Crippen molar-refractivity contribution in [3.8, 4) is 5.69 Å². The molecule has 1 aromatic heterocycles. The fourth-order valence-electron chi connectivity index (χ4n) is 1.87. The predicted molar refractivity (Wildman–Crippen MR) is 76.9 cm³/mol. The highest BCUT2D eigenvalue weighted by molar-refractivity contribution is 6.33. The van der Waals surface area contributed by atoms with Crippen LogP contribution in [0.1, 0.15) is 12.6 Å². The molecule has 0 atom stereocenters. The minimum atomic E-state index is -4.95. The van der Waals surface area contributed by atoms with E-state index in [9.17, 15) is 31.9 Å². The zero-order valence-corrected chi connectivity index (χ0v) is 12.5. The summed E-state index contributed by atoms with van der Waals surface area (Å²) in [6, 6.07) is 1.70. The van der Waals surface area contributed by atoms with Gasteiger partial charge in [0.2, 0.25) is 5.91 Å². The summed E-state index contributed by atoms with van der Waals surface area (Å²) in [6.07, 6.45) is -4.95. The summed E-state index contributed by atoms with van der Waals surface area (Å²) < 4.78 is 51.9. The van der Waals surface area contributed by atoms with Crippen molar-refractivity contribution in [2.45, 2.75) is 13.1 Å². The number of anilines is 1. The van der Waals surface area contributed by atoms with Gasteiger partial charge in [-0.25, -0.2) is 13.8 Å². The molecule has 0 saturated carbocycles. The van der Waals surface area contributed by atoms with E-state index in [1.165, 1.54) is 4.98 Å². The number of hydrogen-bond donors (Lipinski definition) is 2. The zero-order chi connectivity index (χ0) is 18.2. The summed E-state index contributed by atoms with van der Waals surface area (Å²) in [7, 11) is 0. The Morgan fingerprint density at radius 3 is 2.38 bits per heavy atom. The van der Waals surface area contributed by atoms with Gasteiger partial charge in [0.1, 0.15) is 11.5 Å². The second-order valence-electron chi connectivity index (χ2n) is 4.62. The van der Waals surface area contributed by atoms with Crippen LogP contribution in [0.15, 0.2) is 27.8 Å². The Morgan fingerprint density at radius 1 is 1.25 bits per heavy atom. The minimum absolute atomic E-state index is 0.119. The lowest BCUT2D eigenvalue weighted by Gasteiger charge is -2.12. The summed E-state index contributed by atoms with van der Waals surface area (Å²) in [5.41, 5.74) is -5.24. The van der Waals surface area contributed by atoms with Crippen LogP contribution in [0.25, 0.3) is 5.69 Å². The molecule has 0 aliphatic carbocycles. The number of nitrogens with zero attached hydrogens (tertiary/aromatic N) is 1. The number of carbonyl (C=O) groups excluding carboxylic acids is 1. The van der Waals surface area contributed by atoms with Gasteiger partial charge < -0.3 is 10.3 Å². The van der Waals surface area contributed by atoms with Crippen molar-refractivity contribution in [3.05, 3.63) is 55.6 Å². The monoisotopic (exact) mass is 365 g/mol. The van der Waals surface area contributed by atoms with Crippen LogP contribution in [-0.4, -0.2) is 15.5 Å². The fraction of sp³-hybridized carbons (Fsp3) is 0.154. The molecule has 128 valence electrons. The van der Waals surface area contributed by atoms with E-state index in [2.05, 4.69) is 5.32 Å². The van der Waals surface area contributed by atoms with Crippen molar-refractivity contribution in [1.82, 2.24) is 9.55 Å². The third-order valence-electron chi connectivity index (χ3n) is 2.83. The number of hydrogen-bond acceptors (Lipinski definition) is 3. The topological polar surface area (TPSA) is 84.0 Å². The predicted octanol–water partition coefficient (Wildman–Crippen LogP) is 2.30. The molecule has 6 nitrogen and oxygen atoms in total. The van der Waals surface area contributed by atoms with E-state index in [1.807, 2.05) is 0 Å². The number of benzene rings is 1. The second-order valence-corrected chi connectivity index (χ2v) is 5.03. The van der Waals surface area contributed by atoms with Crippen LogP contribution in [0.2, 0.25) is 5.02 Å². The lowest BCUT2D eigenvalue weighted by atomic mass is 10.2. The molecule has 0 fully saturated rings. The van der Waals surface area contributed by atoms with Crippen LogP contribution >= 0.6 is 11.6 Å². The molecule has 1 aromatic carbocycles. The maximum Gasteiger partial charge on any atom is 0.431 e. The molecular formula is C13H8ClF4N3O3. The summed E-state index contributed by atoms with van der Waals surface area (Å²) in [5.74, 6) is -1.70. The van der Waals surface area contributed by atoms with E-state index < -0.39 is 40.5 Å². The van der Waals surface area contributed by atoms with Crippen LogP contribution in [0.4, 0.5) is 23.2 Å². The average Bonchev–Trinajstić information content (AvgIpc) is 2.41. The smallest absolute Gasteiger partial charge is 0.325 e. The van der Waals surface area contributed by atoms with Gasteiger partial charge in [0.25, 0.3) is 5.56 Å². The number of alkyl halides is 3. The SMILES string of the molecule is CC(=O)Nc1cc(-n2c(=O)cc(C(F)(F)F)[nH]c2=O)c(F)cc1Cl. The first-order valence-corrected chi connectivity index (χ1v) is 6.59. The Labute approximate surface area is 135 Å². The molecule has 2 rings (SSSR count). The van der Waals surface area contributed by atoms with E-state index in [1.54, 1.807) is 0 Å². The van der Waals surface area contributed by atoms with E-state index in [-0.39, 0.29) is 21.3 Å². The Kier molecular flexibility index (Phi) is 4.52. The third kappa shape index (κ3) is 3.48. The first kappa shape index (κ1) is 17.7. The Hall–Kier alpha value is -2.62. The number of halogens is 5. The first-order chi connectivity index (χ1) is 11.0. The molecule has 1 heterocycles. The Balaban J connectivity index is 2.71. The van der Waals surface area contributed by atoms with E-state index in [0.29, 0.717) is 6.07 Å². The van der Waals surface area contributed by atoms with Crippen molar-refractivity contribution in [3.63, 3.8) is 0 Å². The van der Waals surface area contributed by atoms with Crippen molar-refractivity contribution in [2.24, 2.45) is 0 Å². The van der Waals surface area contributed by atoms with E-state index >= 15 is 0 Å². The van der Waals surface area contributed by atoms with Crippen molar-refractivity contribution < 1.29 is 22.4 Å². The molecule has 0 saturated heterocycles. The molecule has 2 N–H and O–H groups in total. The molecule has 24 heavy (non-hydrogen) atoms. The maximum atomic E-state index is 14.0. The molecule has 0 aliphatic heterocycles. The maximum absolute atomic E-state index is 14.0. The lowest BCUT2D eigenvalue weighted by molar-refractivity contribution is -0.141. The van der Waals surface area contributed by atoms with Gasteiger partial charge >= 0.3 is 11.9 Å². The summed E-state index contributed by atoms with van der Waals surface area (Å²) in [5, 5.41) is 2.02. The van der Waals surface area contributed by atoms with Crippen LogP contribution < -0.4 is 16.6 Å². The zero-order valence-electron chi connectivity index (χ0n) is 11.8. The van der Waals surface area contributed by atoms with Gasteiger partial charge in [0, 0.05) is 13.0 Å². The first-order valence-electron chi connectivity index (χ1n) is 6.21. The quantitative estimate of drug-likeness (QED) is 0.801. The number of carbonyl (C=O) groups is 1. The van der Waals surface area contributed by atoms with Gasteiger partial charge in [-0.05, 0) is 12.1 Å². The third-order valence-corrected chi connectivity index (χ3v) is 3.14.